The van der Waals surface area contributed by atoms with E-state index in [1.807, 2.05) is 6.26 Å². The number of amides is 1. The van der Waals surface area contributed by atoms with Gasteiger partial charge in [-0.05, 0) is 38.6 Å². The number of carbonyl (C=O) groups is 1. The van der Waals surface area contributed by atoms with Gasteiger partial charge in [0.05, 0.1) is 23.0 Å². The highest BCUT2D eigenvalue weighted by Gasteiger charge is 2.27. The summed E-state index contributed by atoms with van der Waals surface area (Å²) in [6, 6.07) is 3.19. The third-order valence-electron chi connectivity index (χ3n) is 3.90. The van der Waals surface area contributed by atoms with E-state index >= 15 is 0 Å². The van der Waals surface area contributed by atoms with Crippen LogP contribution in [0.1, 0.15) is 30.1 Å². The van der Waals surface area contributed by atoms with Crippen LogP contribution in [0.25, 0.3) is 0 Å². The Labute approximate surface area is 151 Å². The molecule has 1 aliphatic rings. The van der Waals surface area contributed by atoms with Crippen molar-refractivity contribution in [1.82, 2.24) is 10.6 Å². The fourth-order valence-electron chi connectivity index (χ4n) is 2.73. The minimum Gasteiger partial charge on any atom is -0.495 e. The summed E-state index contributed by atoms with van der Waals surface area (Å²) >= 11 is 1.38. The van der Waals surface area contributed by atoms with Crippen molar-refractivity contribution in [3.63, 3.8) is 0 Å². The maximum atomic E-state index is 12.5. The molecule has 1 aliphatic heterocycles. The standard InChI is InChI=1S/C15H21N3O4S.ClH/c1-9-6-10(4-5-16-9)17-15(19)11-7-14(23-3)13(22-2)8-12(11)18(20)21;/h7-10,16H,4-6H2,1-3H3,(H,17,19);1H. The summed E-state index contributed by atoms with van der Waals surface area (Å²) < 4.78 is 5.16. The average molecular weight is 376 g/mol. The van der Waals surface area contributed by atoms with Crippen molar-refractivity contribution >= 4 is 35.8 Å². The van der Waals surface area contributed by atoms with Crippen LogP contribution >= 0.6 is 24.2 Å². The maximum absolute atomic E-state index is 12.5. The highest BCUT2D eigenvalue weighted by molar-refractivity contribution is 7.98. The zero-order valence-electron chi connectivity index (χ0n) is 13.8. The number of nitrogens with zero attached hydrogens (tertiary/aromatic N) is 1. The lowest BCUT2D eigenvalue weighted by atomic mass is 10.00. The van der Waals surface area contributed by atoms with E-state index in [1.165, 1.54) is 31.0 Å². The first-order valence-corrected chi connectivity index (χ1v) is 8.63. The molecule has 0 aromatic heterocycles. The normalized spacial score (nSPS) is 20.0. The first kappa shape index (κ1) is 20.5. The van der Waals surface area contributed by atoms with Crippen LogP contribution in [0.4, 0.5) is 5.69 Å². The molecular weight excluding hydrogens is 354 g/mol. The van der Waals surface area contributed by atoms with Gasteiger partial charge in [0.15, 0.2) is 0 Å². The SMILES string of the molecule is COc1cc([N+](=O)[O-])c(C(=O)NC2CCNC(C)C2)cc1SC.Cl. The van der Waals surface area contributed by atoms with E-state index in [0.29, 0.717) is 16.7 Å². The highest BCUT2D eigenvalue weighted by Crippen LogP contribution is 2.34. The molecule has 2 N–H and O–H groups in total. The van der Waals surface area contributed by atoms with Gasteiger partial charge in [-0.1, -0.05) is 0 Å². The van der Waals surface area contributed by atoms with Gasteiger partial charge >= 0.3 is 0 Å². The van der Waals surface area contributed by atoms with E-state index in [0.717, 1.165) is 19.4 Å². The van der Waals surface area contributed by atoms with Crippen molar-refractivity contribution in [2.45, 2.75) is 36.7 Å². The lowest BCUT2D eigenvalue weighted by molar-refractivity contribution is -0.385. The maximum Gasteiger partial charge on any atom is 0.285 e. The van der Waals surface area contributed by atoms with Gasteiger partial charge < -0.3 is 15.4 Å². The van der Waals surface area contributed by atoms with Crippen molar-refractivity contribution in [2.75, 3.05) is 19.9 Å². The Morgan fingerprint density at radius 3 is 2.75 bits per heavy atom. The van der Waals surface area contributed by atoms with Gasteiger partial charge in [-0.2, -0.15) is 0 Å². The lowest BCUT2D eigenvalue weighted by Gasteiger charge is -2.28. The second kappa shape index (κ2) is 9.10. The summed E-state index contributed by atoms with van der Waals surface area (Å²) in [5.74, 6) is -0.00927. The Morgan fingerprint density at radius 1 is 1.50 bits per heavy atom. The number of benzene rings is 1. The molecule has 1 amide bonds. The second-order valence-corrected chi connectivity index (χ2v) is 6.38. The Morgan fingerprint density at radius 2 is 2.21 bits per heavy atom. The molecule has 0 radical (unpaired) electrons. The highest BCUT2D eigenvalue weighted by atomic mass is 35.5. The van der Waals surface area contributed by atoms with Crippen LogP contribution in [0.5, 0.6) is 5.75 Å². The molecule has 1 heterocycles. The average Bonchev–Trinajstić information content (AvgIpc) is 2.53. The Hall–Kier alpha value is -1.51. The number of piperidine rings is 1. The second-order valence-electron chi connectivity index (χ2n) is 5.53. The molecule has 2 unspecified atom stereocenters. The molecule has 0 saturated carbocycles. The first-order chi connectivity index (χ1) is 11.0. The predicted octanol–water partition coefficient (Wildman–Crippen LogP) is 2.62. The monoisotopic (exact) mass is 375 g/mol. The molecule has 24 heavy (non-hydrogen) atoms. The first-order valence-electron chi connectivity index (χ1n) is 7.41. The molecule has 1 aromatic carbocycles. The molecule has 1 aromatic rings. The fourth-order valence-corrected chi connectivity index (χ4v) is 3.31. The number of rotatable bonds is 5. The number of hydrogen-bond donors (Lipinski definition) is 2. The number of ether oxygens (including phenoxy) is 1. The number of hydrogen-bond acceptors (Lipinski definition) is 6. The molecule has 7 nitrogen and oxygen atoms in total. The minimum absolute atomic E-state index is 0. The molecule has 9 heteroatoms. The van der Waals surface area contributed by atoms with Gasteiger partial charge in [0.2, 0.25) is 0 Å². The summed E-state index contributed by atoms with van der Waals surface area (Å²) in [6.07, 6.45) is 3.46. The number of nitrogens with one attached hydrogen (secondary N) is 2. The number of halogens is 1. The van der Waals surface area contributed by atoms with Crippen molar-refractivity contribution in [1.29, 1.82) is 0 Å². The van der Waals surface area contributed by atoms with Gasteiger partial charge in [0.25, 0.3) is 11.6 Å². The van der Waals surface area contributed by atoms with Gasteiger partial charge in [-0.3, -0.25) is 14.9 Å². The van der Waals surface area contributed by atoms with E-state index in [-0.39, 0.29) is 29.7 Å². The third kappa shape index (κ3) is 4.75. The van der Waals surface area contributed by atoms with E-state index < -0.39 is 10.8 Å². The van der Waals surface area contributed by atoms with E-state index in [9.17, 15) is 14.9 Å². The number of carbonyl (C=O) groups excluding carboxylic acids is 1. The smallest absolute Gasteiger partial charge is 0.285 e. The fraction of sp³-hybridized carbons (Fsp3) is 0.533. The van der Waals surface area contributed by atoms with Crippen LogP contribution < -0.4 is 15.4 Å². The number of nitro benzene ring substituents is 1. The van der Waals surface area contributed by atoms with Crippen LogP contribution in [-0.2, 0) is 0 Å². The van der Waals surface area contributed by atoms with Gasteiger partial charge in [-0.25, -0.2) is 0 Å². The zero-order chi connectivity index (χ0) is 17.0. The Kier molecular flexibility index (Phi) is 7.78. The van der Waals surface area contributed by atoms with Gasteiger partial charge in [-0.15, -0.1) is 24.2 Å². The Bertz CT molecular complexity index is 615. The Balaban J connectivity index is 0.00000288. The molecular formula is C15H22ClN3O4S. The number of thioether (sulfide) groups is 1. The van der Waals surface area contributed by atoms with E-state index in [4.69, 9.17) is 4.74 Å². The minimum atomic E-state index is -0.549. The molecule has 0 aliphatic carbocycles. The summed E-state index contributed by atoms with van der Waals surface area (Å²) in [7, 11) is 1.45. The van der Waals surface area contributed by atoms with Crippen LogP contribution in [0.15, 0.2) is 17.0 Å². The van der Waals surface area contributed by atoms with Crippen molar-refractivity contribution in [3.05, 3.63) is 27.8 Å². The predicted molar refractivity (Wildman–Crippen MR) is 96.6 cm³/mol. The number of nitro groups is 1. The van der Waals surface area contributed by atoms with Crippen molar-refractivity contribution in [3.8, 4) is 5.75 Å². The largest absolute Gasteiger partial charge is 0.495 e. The van der Waals surface area contributed by atoms with E-state index in [1.54, 1.807) is 0 Å². The lowest BCUT2D eigenvalue weighted by Crippen LogP contribution is -2.46. The van der Waals surface area contributed by atoms with E-state index in [2.05, 4.69) is 17.6 Å². The topological polar surface area (TPSA) is 93.5 Å². The molecule has 2 rings (SSSR count). The van der Waals surface area contributed by atoms with Crippen LogP contribution in [0.3, 0.4) is 0 Å². The number of methoxy groups -OCH3 is 1. The molecule has 0 spiro atoms. The zero-order valence-corrected chi connectivity index (χ0v) is 15.5. The molecule has 0 bridgehead atoms. The van der Waals surface area contributed by atoms with Crippen LogP contribution in [-0.4, -0.2) is 42.8 Å². The third-order valence-corrected chi connectivity index (χ3v) is 4.66. The van der Waals surface area contributed by atoms with Gasteiger partial charge in [0, 0.05) is 12.1 Å². The van der Waals surface area contributed by atoms with Crippen molar-refractivity contribution in [2.24, 2.45) is 0 Å². The summed E-state index contributed by atoms with van der Waals surface area (Å²) in [5.41, 5.74) is -0.162. The van der Waals surface area contributed by atoms with Crippen LogP contribution in [0, 0.1) is 10.1 Å². The van der Waals surface area contributed by atoms with Crippen LogP contribution in [0.2, 0.25) is 0 Å². The summed E-state index contributed by atoms with van der Waals surface area (Å²) in [4.78, 5) is 24.0. The quantitative estimate of drug-likeness (QED) is 0.467. The van der Waals surface area contributed by atoms with Crippen molar-refractivity contribution < 1.29 is 14.5 Å². The molecule has 1 saturated heterocycles. The van der Waals surface area contributed by atoms with Gasteiger partial charge in [0.1, 0.15) is 11.3 Å². The summed E-state index contributed by atoms with van der Waals surface area (Å²) in [5, 5.41) is 17.5. The molecule has 1 fully saturated rings. The molecule has 2 atom stereocenters. The molecule has 134 valence electrons. The summed E-state index contributed by atoms with van der Waals surface area (Å²) in [6.45, 7) is 2.88.